The summed E-state index contributed by atoms with van der Waals surface area (Å²) >= 11 is 0. The third-order valence-corrected chi connectivity index (χ3v) is 2.72. The zero-order valence-electron chi connectivity index (χ0n) is 11.3. The fraction of sp³-hybridized carbons (Fsp3) is 0.923. The lowest BCUT2D eigenvalue weighted by atomic mass is 10.1. The molecule has 0 aromatic heterocycles. The van der Waals surface area contributed by atoms with Crippen LogP contribution in [0.2, 0.25) is 0 Å². The van der Waals surface area contributed by atoms with E-state index in [0.717, 1.165) is 26.0 Å². The number of rotatable bonds is 5. The lowest BCUT2D eigenvalue weighted by Crippen LogP contribution is -2.45. The van der Waals surface area contributed by atoms with Crippen LogP contribution in [0.3, 0.4) is 0 Å². The van der Waals surface area contributed by atoms with Crippen molar-refractivity contribution in [1.29, 1.82) is 0 Å². The largest absolute Gasteiger partial charge is 0.378 e. The molecular weight excluding hydrogens is 216 g/mol. The normalized spacial score (nSPS) is 21.2. The summed E-state index contributed by atoms with van der Waals surface area (Å²) in [6.45, 7) is 8.10. The second kappa shape index (κ2) is 6.97. The highest BCUT2D eigenvalue weighted by molar-refractivity contribution is 5.78. The van der Waals surface area contributed by atoms with Gasteiger partial charge in [-0.15, -0.1) is 0 Å². The van der Waals surface area contributed by atoms with Crippen molar-refractivity contribution in [3.05, 3.63) is 0 Å². The summed E-state index contributed by atoms with van der Waals surface area (Å²) in [7, 11) is 0. The van der Waals surface area contributed by atoms with E-state index in [9.17, 15) is 4.79 Å². The van der Waals surface area contributed by atoms with Crippen LogP contribution in [0.15, 0.2) is 0 Å². The molecular formula is C13H26N2O2. The summed E-state index contributed by atoms with van der Waals surface area (Å²) in [6, 6.07) is 0. The minimum Gasteiger partial charge on any atom is -0.378 e. The maximum absolute atomic E-state index is 11.5. The van der Waals surface area contributed by atoms with Crippen LogP contribution in [0.25, 0.3) is 0 Å². The maximum atomic E-state index is 11.5. The molecule has 1 saturated heterocycles. The van der Waals surface area contributed by atoms with Crippen LogP contribution in [-0.4, -0.2) is 37.2 Å². The predicted octanol–water partition coefficient (Wildman–Crippen LogP) is 1.45. The lowest BCUT2D eigenvalue weighted by Gasteiger charge is -2.23. The van der Waals surface area contributed by atoms with Crippen LogP contribution in [-0.2, 0) is 9.53 Å². The first kappa shape index (κ1) is 14.5. The van der Waals surface area contributed by atoms with Crippen molar-refractivity contribution in [2.45, 2.75) is 58.1 Å². The molecule has 1 rings (SSSR count). The van der Waals surface area contributed by atoms with Crippen LogP contribution >= 0.6 is 0 Å². The van der Waals surface area contributed by atoms with Crippen molar-refractivity contribution in [1.82, 2.24) is 10.6 Å². The van der Waals surface area contributed by atoms with E-state index in [1.807, 2.05) is 20.8 Å². The molecule has 1 aliphatic heterocycles. The van der Waals surface area contributed by atoms with Crippen molar-refractivity contribution >= 4 is 5.91 Å². The number of carbonyl (C=O) groups is 1. The summed E-state index contributed by atoms with van der Waals surface area (Å²) in [5.74, 6) is 0.0575. The standard InChI is InChI=1S/C13H26N2O2/c1-13(2,3)15-12(16)10-14-8-7-11-6-4-5-9-17-11/h11,14H,4-10H2,1-3H3,(H,15,16). The summed E-state index contributed by atoms with van der Waals surface area (Å²) in [4.78, 5) is 11.5. The van der Waals surface area contributed by atoms with Gasteiger partial charge in [-0.25, -0.2) is 0 Å². The highest BCUT2D eigenvalue weighted by Gasteiger charge is 2.15. The van der Waals surface area contributed by atoms with Gasteiger partial charge in [0.2, 0.25) is 5.91 Å². The zero-order valence-corrected chi connectivity index (χ0v) is 11.3. The minimum atomic E-state index is -0.148. The van der Waals surface area contributed by atoms with Crippen molar-refractivity contribution in [3.8, 4) is 0 Å². The number of ether oxygens (including phenoxy) is 1. The Morgan fingerprint density at radius 3 is 2.71 bits per heavy atom. The molecule has 0 aromatic carbocycles. The Bertz CT molecular complexity index is 230. The molecule has 100 valence electrons. The molecule has 1 aliphatic rings. The van der Waals surface area contributed by atoms with Gasteiger partial charge in [0.05, 0.1) is 12.6 Å². The molecule has 17 heavy (non-hydrogen) atoms. The van der Waals surface area contributed by atoms with E-state index in [1.54, 1.807) is 0 Å². The first-order valence-electron chi connectivity index (χ1n) is 6.61. The van der Waals surface area contributed by atoms with Gasteiger partial charge in [-0.2, -0.15) is 0 Å². The van der Waals surface area contributed by atoms with E-state index in [2.05, 4.69) is 10.6 Å². The maximum Gasteiger partial charge on any atom is 0.234 e. The molecule has 1 unspecified atom stereocenters. The first-order chi connectivity index (χ1) is 7.97. The van der Waals surface area contributed by atoms with E-state index < -0.39 is 0 Å². The molecule has 0 aliphatic carbocycles. The number of carbonyl (C=O) groups excluding carboxylic acids is 1. The van der Waals surface area contributed by atoms with E-state index in [-0.39, 0.29) is 11.4 Å². The summed E-state index contributed by atoms with van der Waals surface area (Å²) in [5.41, 5.74) is -0.148. The predicted molar refractivity (Wildman–Crippen MR) is 69.0 cm³/mol. The van der Waals surface area contributed by atoms with Gasteiger partial charge in [0.1, 0.15) is 0 Å². The lowest BCUT2D eigenvalue weighted by molar-refractivity contribution is -0.121. The molecule has 4 nitrogen and oxygen atoms in total. The van der Waals surface area contributed by atoms with Gasteiger partial charge in [-0.3, -0.25) is 4.79 Å². The molecule has 1 heterocycles. The number of amides is 1. The number of hydrogen-bond donors (Lipinski definition) is 2. The van der Waals surface area contributed by atoms with Gasteiger partial charge in [0, 0.05) is 12.1 Å². The second-order valence-electron chi connectivity index (χ2n) is 5.75. The fourth-order valence-corrected chi connectivity index (χ4v) is 1.96. The Morgan fingerprint density at radius 1 is 1.35 bits per heavy atom. The van der Waals surface area contributed by atoms with Crippen molar-refractivity contribution in [2.75, 3.05) is 19.7 Å². The van der Waals surface area contributed by atoms with Gasteiger partial charge in [0.25, 0.3) is 0 Å². The number of nitrogens with one attached hydrogen (secondary N) is 2. The molecule has 0 radical (unpaired) electrons. The smallest absolute Gasteiger partial charge is 0.234 e. The van der Waals surface area contributed by atoms with Gasteiger partial charge in [-0.05, 0) is 53.0 Å². The molecule has 1 atom stereocenters. The summed E-state index contributed by atoms with van der Waals surface area (Å²) in [5, 5.41) is 6.09. The molecule has 1 fully saturated rings. The average molecular weight is 242 g/mol. The SMILES string of the molecule is CC(C)(C)NC(=O)CNCCC1CCCCO1. The average Bonchev–Trinajstić information content (AvgIpc) is 2.23. The van der Waals surface area contributed by atoms with Crippen LogP contribution in [0.1, 0.15) is 46.5 Å². The zero-order chi connectivity index (χ0) is 12.7. The third-order valence-electron chi connectivity index (χ3n) is 2.72. The van der Waals surface area contributed by atoms with E-state index in [1.165, 1.54) is 12.8 Å². The summed E-state index contributed by atoms with van der Waals surface area (Å²) < 4.78 is 5.63. The van der Waals surface area contributed by atoms with Gasteiger partial charge >= 0.3 is 0 Å². The molecule has 1 amide bonds. The van der Waals surface area contributed by atoms with E-state index in [4.69, 9.17) is 4.74 Å². The Labute approximate surface area is 104 Å². The minimum absolute atomic E-state index is 0.0575. The highest BCUT2D eigenvalue weighted by Crippen LogP contribution is 2.14. The van der Waals surface area contributed by atoms with Crippen LogP contribution in [0.4, 0.5) is 0 Å². The van der Waals surface area contributed by atoms with Gasteiger partial charge in [-0.1, -0.05) is 0 Å². The van der Waals surface area contributed by atoms with Crippen molar-refractivity contribution in [3.63, 3.8) is 0 Å². The van der Waals surface area contributed by atoms with E-state index >= 15 is 0 Å². The first-order valence-corrected chi connectivity index (χ1v) is 6.61. The molecule has 2 N–H and O–H groups in total. The van der Waals surface area contributed by atoms with Crippen molar-refractivity contribution in [2.24, 2.45) is 0 Å². The van der Waals surface area contributed by atoms with Gasteiger partial charge in [0.15, 0.2) is 0 Å². The second-order valence-corrected chi connectivity index (χ2v) is 5.75. The molecule has 0 saturated carbocycles. The monoisotopic (exact) mass is 242 g/mol. The fourth-order valence-electron chi connectivity index (χ4n) is 1.96. The molecule has 0 bridgehead atoms. The van der Waals surface area contributed by atoms with Gasteiger partial charge < -0.3 is 15.4 Å². The Morgan fingerprint density at radius 2 is 2.12 bits per heavy atom. The van der Waals surface area contributed by atoms with E-state index in [0.29, 0.717) is 12.6 Å². The summed E-state index contributed by atoms with van der Waals surface area (Å²) in [6.07, 6.45) is 5.02. The van der Waals surface area contributed by atoms with Crippen LogP contribution in [0.5, 0.6) is 0 Å². The highest BCUT2D eigenvalue weighted by atomic mass is 16.5. The number of hydrogen-bond acceptors (Lipinski definition) is 3. The van der Waals surface area contributed by atoms with Crippen molar-refractivity contribution < 1.29 is 9.53 Å². The Kier molecular flexibility index (Phi) is 5.92. The molecule has 0 spiro atoms. The van der Waals surface area contributed by atoms with Crippen LogP contribution in [0, 0.1) is 0 Å². The van der Waals surface area contributed by atoms with Crippen LogP contribution < -0.4 is 10.6 Å². The Hall–Kier alpha value is -0.610. The third kappa shape index (κ3) is 7.34. The molecule has 0 aromatic rings. The molecule has 4 heteroatoms. The topological polar surface area (TPSA) is 50.4 Å². The quantitative estimate of drug-likeness (QED) is 0.717. The Balaban J connectivity index is 2.01.